The van der Waals surface area contributed by atoms with Crippen molar-refractivity contribution in [2.75, 3.05) is 39.9 Å². The number of hydrogen-bond acceptors (Lipinski definition) is 8. The summed E-state index contributed by atoms with van der Waals surface area (Å²) < 4.78 is 11.5. The van der Waals surface area contributed by atoms with Crippen molar-refractivity contribution in [3.8, 4) is 5.75 Å². The topological polar surface area (TPSA) is 144 Å². The van der Waals surface area contributed by atoms with Crippen molar-refractivity contribution in [1.29, 1.82) is 0 Å². The molecule has 1 aromatic carbocycles. The zero-order valence-electron chi connectivity index (χ0n) is 16.5. The number of morpholine rings is 1. The number of carbonyl (C=O) groups excluding carboxylic acids is 2. The number of guanidine groups is 1. The average Bonchev–Trinajstić information content (AvgIpc) is 2.72. The summed E-state index contributed by atoms with van der Waals surface area (Å²) in [5.41, 5.74) is 13.2. The molecule has 1 fully saturated rings. The van der Waals surface area contributed by atoms with E-state index in [9.17, 15) is 9.59 Å². The molecule has 2 heterocycles. The fourth-order valence-electron chi connectivity index (χ4n) is 3.40. The normalized spacial score (nSPS) is 19.7. The van der Waals surface area contributed by atoms with Gasteiger partial charge in [-0.3, -0.25) is 9.59 Å². The number of hydrogen-bond donors (Lipinski definition) is 4. The number of rotatable bonds is 8. The number of primary amides is 1. The van der Waals surface area contributed by atoms with E-state index in [-0.39, 0.29) is 30.4 Å². The number of nitrogens with two attached hydrogens (primary N) is 2. The molecule has 2 aliphatic heterocycles. The SMILES string of the molecule is CNC(=O)CN1Cc2ccc(OCCC(C(N)=O)C3CNCCO3)cc2N=C1N. The Kier molecular flexibility index (Phi) is 6.89. The summed E-state index contributed by atoms with van der Waals surface area (Å²) in [7, 11) is 1.58. The lowest BCUT2D eigenvalue weighted by Crippen LogP contribution is -2.47. The molecule has 0 saturated carbocycles. The Morgan fingerprint density at radius 3 is 3.00 bits per heavy atom. The molecule has 10 nitrogen and oxygen atoms in total. The number of nitrogens with zero attached hydrogens (tertiary/aromatic N) is 2. The second kappa shape index (κ2) is 9.57. The van der Waals surface area contributed by atoms with Crippen LogP contribution in [0.4, 0.5) is 5.69 Å². The Balaban J connectivity index is 1.58. The van der Waals surface area contributed by atoms with Crippen molar-refractivity contribution in [2.45, 2.75) is 19.1 Å². The van der Waals surface area contributed by atoms with E-state index in [2.05, 4.69) is 15.6 Å². The number of fused-ring (bicyclic) bond motifs is 1. The predicted molar refractivity (Wildman–Crippen MR) is 108 cm³/mol. The summed E-state index contributed by atoms with van der Waals surface area (Å²) in [6, 6.07) is 5.54. The summed E-state index contributed by atoms with van der Waals surface area (Å²) >= 11 is 0. The van der Waals surface area contributed by atoms with Gasteiger partial charge < -0.3 is 36.5 Å². The Hall–Kier alpha value is -2.85. The summed E-state index contributed by atoms with van der Waals surface area (Å²) in [5, 5.41) is 5.78. The van der Waals surface area contributed by atoms with Gasteiger partial charge in [0.1, 0.15) is 5.75 Å². The van der Waals surface area contributed by atoms with E-state index in [1.165, 1.54) is 0 Å². The number of likely N-dealkylation sites (N-methyl/N-ethyl adjacent to an activating group) is 1. The van der Waals surface area contributed by atoms with Gasteiger partial charge in [-0.15, -0.1) is 0 Å². The first-order valence-electron chi connectivity index (χ1n) is 9.65. The molecular formula is C19H28N6O4. The minimum absolute atomic E-state index is 0.132. The molecule has 2 unspecified atom stereocenters. The highest BCUT2D eigenvalue weighted by molar-refractivity contribution is 5.88. The molecular weight excluding hydrogens is 376 g/mol. The van der Waals surface area contributed by atoms with Crippen molar-refractivity contribution < 1.29 is 19.1 Å². The van der Waals surface area contributed by atoms with E-state index < -0.39 is 5.92 Å². The van der Waals surface area contributed by atoms with Gasteiger partial charge in [-0.2, -0.15) is 0 Å². The lowest BCUT2D eigenvalue weighted by Gasteiger charge is -2.29. The number of nitrogens with one attached hydrogen (secondary N) is 2. The molecule has 158 valence electrons. The molecule has 1 aromatic rings. The molecule has 1 saturated heterocycles. The molecule has 10 heteroatoms. The van der Waals surface area contributed by atoms with Crippen molar-refractivity contribution in [1.82, 2.24) is 15.5 Å². The van der Waals surface area contributed by atoms with Crippen LogP contribution in [-0.2, 0) is 20.9 Å². The maximum absolute atomic E-state index is 11.8. The fourth-order valence-corrected chi connectivity index (χ4v) is 3.40. The van der Waals surface area contributed by atoms with Crippen LogP contribution >= 0.6 is 0 Å². The highest BCUT2D eigenvalue weighted by Gasteiger charge is 2.29. The van der Waals surface area contributed by atoms with Crippen molar-refractivity contribution in [3.05, 3.63) is 23.8 Å². The lowest BCUT2D eigenvalue weighted by molar-refractivity contribution is -0.128. The van der Waals surface area contributed by atoms with Gasteiger partial charge >= 0.3 is 0 Å². The first-order valence-corrected chi connectivity index (χ1v) is 9.65. The lowest BCUT2D eigenvalue weighted by atomic mass is 9.97. The number of ether oxygens (including phenoxy) is 2. The van der Waals surface area contributed by atoms with Crippen molar-refractivity contribution in [2.24, 2.45) is 22.4 Å². The third-order valence-corrected chi connectivity index (χ3v) is 5.06. The molecule has 0 radical (unpaired) electrons. The van der Waals surface area contributed by atoms with E-state index in [4.69, 9.17) is 20.9 Å². The molecule has 0 aromatic heterocycles. The zero-order chi connectivity index (χ0) is 20.8. The first-order chi connectivity index (χ1) is 14.0. The van der Waals surface area contributed by atoms with E-state index >= 15 is 0 Å². The van der Waals surface area contributed by atoms with Crippen LogP contribution in [0.1, 0.15) is 12.0 Å². The molecule has 3 rings (SSSR count). The highest BCUT2D eigenvalue weighted by Crippen LogP contribution is 2.30. The summed E-state index contributed by atoms with van der Waals surface area (Å²) in [5.74, 6) is -0.0127. The zero-order valence-corrected chi connectivity index (χ0v) is 16.5. The van der Waals surface area contributed by atoms with Crippen LogP contribution in [0.25, 0.3) is 0 Å². The van der Waals surface area contributed by atoms with Gasteiger partial charge in [-0.25, -0.2) is 4.99 Å². The van der Waals surface area contributed by atoms with Crippen LogP contribution in [-0.4, -0.2) is 68.7 Å². The minimum Gasteiger partial charge on any atom is -0.493 e. The van der Waals surface area contributed by atoms with Gasteiger partial charge in [-0.05, 0) is 18.1 Å². The van der Waals surface area contributed by atoms with Gasteiger partial charge in [0.05, 0.1) is 37.5 Å². The van der Waals surface area contributed by atoms with E-state index in [1.54, 1.807) is 18.0 Å². The Morgan fingerprint density at radius 2 is 2.31 bits per heavy atom. The van der Waals surface area contributed by atoms with Crippen LogP contribution < -0.4 is 26.8 Å². The molecule has 29 heavy (non-hydrogen) atoms. The van der Waals surface area contributed by atoms with Crippen LogP contribution in [0.5, 0.6) is 5.75 Å². The second-order valence-electron chi connectivity index (χ2n) is 7.05. The summed E-state index contributed by atoms with van der Waals surface area (Å²) in [4.78, 5) is 29.5. The Morgan fingerprint density at radius 1 is 1.48 bits per heavy atom. The highest BCUT2D eigenvalue weighted by atomic mass is 16.5. The maximum atomic E-state index is 11.8. The minimum atomic E-state index is -0.410. The molecule has 0 aliphatic carbocycles. The first kappa shape index (κ1) is 20.9. The van der Waals surface area contributed by atoms with Crippen LogP contribution in [0.3, 0.4) is 0 Å². The largest absolute Gasteiger partial charge is 0.493 e. The number of benzene rings is 1. The Labute approximate surface area is 169 Å². The van der Waals surface area contributed by atoms with Gasteiger partial charge in [0.15, 0.2) is 5.96 Å². The van der Waals surface area contributed by atoms with Gasteiger partial charge in [0, 0.05) is 32.7 Å². The average molecular weight is 404 g/mol. The number of carbonyl (C=O) groups is 2. The predicted octanol–water partition coefficient (Wildman–Crippen LogP) is -0.947. The summed E-state index contributed by atoms with van der Waals surface area (Å²) in [6.07, 6.45) is 0.230. The molecule has 2 atom stereocenters. The van der Waals surface area contributed by atoms with E-state index in [0.29, 0.717) is 44.2 Å². The van der Waals surface area contributed by atoms with E-state index in [1.807, 2.05) is 12.1 Å². The van der Waals surface area contributed by atoms with Gasteiger partial charge in [0.2, 0.25) is 11.8 Å². The third-order valence-electron chi connectivity index (χ3n) is 5.06. The number of amides is 2. The summed E-state index contributed by atoms with van der Waals surface area (Å²) in [6.45, 7) is 2.92. The molecule has 6 N–H and O–H groups in total. The van der Waals surface area contributed by atoms with Gasteiger partial charge in [0.25, 0.3) is 0 Å². The standard InChI is InChI=1S/C19H28N6O4/c1-22-17(26)11-25-10-12-2-3-13(8-15(12)24-19(25)21)28-6-4-14(18(20)27)16-9-23-5-7-29-16/h2-3,8,14,16,23H,4-7,9-11H2,1H3,(H2,20,27)(H2,21,24)(H,22,26). The van der Waals surface area contributed by atoms with Crippen molar-refractivity contribution in [3.63, 3.8) is 0 Å². The molecule has 2 aliphatic rings. The van der Waals surface area contributed by atoms with Crippen molar-refractivity contribution >= 4 is 23.5 Å². The van der Waals surface area contributed by atoms with Crippen LogP contribution in [0.2, 0.25) is 0 Å². The quantitative estimate of drug-likeness (QED) is 0.437. The monoisotopic (exact) mass is 404 g/mol. The second-order valence-corrected chi connectivity index (χ2v) is 7.05. The van der Waals surface area contributed by atoms with Crippen LogP contribution in [0, 0.1) is 5.92 Å². The molecule has 2 amide bonds. The third kappa shape index (κ3) is 5.36. The van der Waals surface area contributed by atoms with Crippen LogP contribution in [0.15, 0.2) is 23.2 Å². The maximum Gasteiger partial charge on any atom is 0.239 e. The van der Waals surface area contributed by atoms with E-state index in [0.717, 1.165) is 12.1 Å². The molecule has 0 bridgehead atoms. The smallest absolute Gasteiger partial charge is 0.239 e. The fraction of sp³-hybridized carbons (Fsp3) is 0.526. The Bertz CT molecular complexity index is 778. The number of aliphatic imine (C=N–C) groups is 1. The molecule has 0 spiro atoms. The van der Waals surface area contributed by atoms with Gasteiger partial charge in [-0.1, -0.05) is 6.07 Å².